The van der Waals surface area contributed by atoms with Gasteiger partial charge in [-0.3, -0.25) is 4.79 Å². The van der Waals surface area contributed by atoms with Gasteiger partial charge in [-0.2, -0.15) is 5.26 Å². The van der Waals surface area contributed by atoms with E-state index in [1.807, 2.05) is 32.0 Å². The van der Waals surface area contributed by atoms with Crippen LogP contribution < -0.4 is 5.32 Å². The molecule has 5 nitrogen and oxygen atoms in total. The Labute approximate surface area is 136 Å². The third kappa shape index (κ3) is 3.21. The van der Waals surface area contributed by atoms with Gasteiger partial charge in [0.15, 0.2) is 0 Å². The predicted octanol–water partition coefficient (Wildman–Crippen LogP) is 2.85. The molecule has 1 aromatic carbocycles. The Hall–Kier alpha value is -2.35. The number of rotatable bonds is 3. The summed E-state index contributed by atoms with van der Waals surface area (Å²) < 4.78 is 0. The number of oxime groups is 1. The summed E-state index contributed by atoms with van der Waals surface area (Å²) in [5.74, 6) is 0.194. The second-order valence-corrected chi connectivity index (χ2v) is 6.51. The van der Waals surface area contributed by atoms with Crippen LogP contribution in [0.4, 0.5) is 0 Å². The molecule has 1 amide bonds. The van der Waals surface area contributed by atoms with Gasteiger partial charge < -0.3 is 10.2 Å². The lowest BCUT2D eigenvalue weighted by Crippen LogP contribution is -2.38. The lowest BCUT2D eigenvalue weighted by atomic mass is 9.86. The minimum absolute atomic E-state index is 0.00862. The third-order valence-corrected chi connectivity index (χ3v) is 4.55. The van der Waals surface area contributed by atoms with E-state index in [2.05, 4.69) is 16.5 Å². The number of nitriles is 1. The average Bonchev–Trinajstić information content (AvgIpc) is 3.05. The Bertz CT molecular complexity index is 688. The Morgan fingerprint density at radius 1 is 1.48 bits per heavy atom. The van der Waals surface area contributed by atoms with Crippen LogP contribution in [0.15, 0.2) is 23.4 Å². The summed E-state index contributed by atoms with van der Waals surface area (Å²) >= 11 is 0. The monoisotopic (exact) mass is 311 g/mol. The van der Waals surface area contributed by atoms with E-state index in [1.165, 1.54) is 0 Å². The number of nitrogens with zero attached hydrogens (tertiary/aromatic N) is 2. The third-order valence-electron chi connectivity index (χ3n) is 4.55. The number of carbonyl (C=O) groups is 1. The van der Waals surface area contributed by atoms with Crippen LogP contribution in [0.2, 0.25) is 0 Å². The Morgan fingerprint density at radius 2 is 2.30 bits per heavy atom. The van der Waals surface area contributed by atoms with Crippen LogP contribution in [0.1, 0.15) is 55.8 Å². The first-order chi connectivity index (χ1) is 11.1. The molecule has 0 aromatic heterocycles. The van der Waals surface area contributed by atoms with E-state index in [0.29, 0.717) is 17.9 Å². The first kappa shape index (κ1) is 15.5. The number of benzene rings is 1. The maximum absolute atomic E-state index is 12.5. The van der Waals surface area contributed by atoms with Gasteiger partial charge in [-0.05, 0) is 48.4 Å². The van der Waals surface area contributed by atoms with E-state index in [4.69, 9.17) is 10.1 Å². The quantitative estimate of drug-likeness (QED) is 0.932. The topological polar surface area (TPSA) is 74.5 Å². The Kier molecular flexibility index (Phi) is 4.33. The molecule has 1 N–H and O–H groups in total. The highest BCUT2D eigenvalue weighted by Crippen LogP contribution is 2.30. The van der Waals surface area contributed by atoms with Gasteiger partial charge >= 0.3 is 0 Å². The van der Waals surface area contributed by atoms with Crippen LogP contribution >= 0.6 is 0 Å². The molecule has 1 aromatic rings. The lowest BCUT2D eigenvalue weighted by Gasteiger charge is -2.27. The van der Waals surface area contributed by atoms with Gasteiger partial charge in [-0.25, -0.2) is 0 Å². The van der Waals surface area contributed by atoms with Crippen molar-refractivity contribution in [1.29, 1.82) is 5.26 Å². The number of carbonyl (C=O) groups excluding carboxylic acids is 1. The summed E-state index contributed by atoms with van der Waals surface area (Å²) in [7, 11) is 0. The van der Waals surface area contributed by atoms with E-state index in [-0.39, 0.29) is 11.9 Å². The summed E-state index contributed by atoms with van der Waals surface area (Å²) in [4.78, 5) is 17.7. The van der Waals surface area contributed by atoms with Crippen molar-refractivity contribution in [2.24, 2.45) is 11.1 Å². The number of hydrogen-bond acceptors (Lipinski definition) is 4. The molecular weight excluding hydrogens is 290 g/mol. The van der Waals surface area contributed by atoms with Crippen molar-refractivity contribution in [2.75, 3.05) is 0 Å². The fourth-order valence-electron chi connectivity index (χ4n) is 3.18. The number of hydrogen-bond donors (Lipinski definition) is 1. The molecule has 1 aliphatic carbocycles. The molecule has 0 saturated carbocycles. The standard InChI is InChI=1S/C18H21N3O2/c1-11(2)16-9-17(23-21-16)18(22)20-15-5-3-4-13-8-12(10-19)6-7-14(13)15/h6-8,11,15,17H,3-5,9H2,1-2H3,(H,20,22). The smallest absolute Gasteiger partial charge is 0.264 e. The molecule has 5 heteroatoms. The second kappa shape index (κ2) is 6.41. The van der Waals surface area contributed by atoms with Gasteiger partial charge in [-0.1, -0.05) is 25.1 Å². The molecule has 2 aliphatic rings. The molecule has 1 aliphatic heterocycles. The number of aryl methyl sites for hydroxylation is 1. The molecule has 120 valence electrons. The number of amides is 1. The van der Waals surface area contributed by atoms with Gasteiger partial charge in [0, 0.05) is 6.42 Å². The van der Waals surface area contributed by atoms with Crippen LogP contribution in [0.3, 0.4) is 0 Å². The van der Waals surface area contributed by atoms with E-state index in [0.717, 1.165) is 36.1 Å². The molecule has 1 heterocycles. The van der Waals surface area contributed by atoms with Crippen molar-refractivity contribution in [1.82, 2.24) is 5.32 Å². The van der Waals surface area contributed by atoms with Crippen LogP contribution in [-0.2, 0) is 16.1 Å². The molecule has 0 saturated heterocycles. The van der Waals surface area contributed by atoms with E-state index in [9.17, 15) is 4.79 Å². The van der Waals surface area contributed by atoms with Gasteiger partial charge in [-0.15, -0.1) is 0 Å². The van der Waals surface area contributed by atoms with Crippen molar-refractivity contribution in [3.8, 4) is 6.07 Å². The average molecular weight is 311 g/mol. The van der Waals surface area contributed by atoms with Crippen LogP contribution in [0.25, 0.3) is 0 Å². The maximum Gasteiger partial charge on any atom is 0.264 e. The molecule has 0 radical (unpaired) electrons. The zero-order valence-corrected chi connectivity index (χ0v) is 13.5. The molecule has 0 bridgehead atoms. The van der Waals surface area contributed by atoms with Gasteiger partial charge in [0.25, 0.3) is 5.91 Å². The highest BCUT2D eigenvalue weighted by atomic mass is 16.6. The largest absolute Gasteiger partial charge is 0.382 e. The second-order valence-electron chi connectivity index (χ2n) is 6.51. The normalized spacial score (nSPS) is 22.8. The fraction of sp³-hybridized carbons (Fsp3) is 0.500. The molecule has 2 unspecified atom stereocenters. The first-order valence-corrected chi connectivity index (χ1v) is 8.14. The molecule has 2 atom stereocenters. The summed E-state index contributed by atoms with van der Waals surface area (Å²) in [6, 6.07) is 7.87. The van der Waals surface area contributed by atoms with E-state index < -0.39 is 6.10 Å². The van der Waals surface area contributed by atoms with E-state index in [1.54, 1.807) is 0 Å². The minimum atomic E-state index is -0.517. The van der Waals surface area contributed by atoms with Crippen LogP contribution in [0.5, 0.6) is 0 Å². The first-order valence-electron chi connectivity index (χ1n) is 8.14. The molecule has 0 fully saturated rings. The Morgan fingerprint density at radius 3 is 3.00 bits per heavy atom. The molecule has 3 rings (SSSR count). The highest BCUT2D eigenvalue weighted by molar-refractivity contribution is 5.93. The summed E-state index contributed by atoms with van der Waals surface area (Å²) in [5, 5.41) is 16.1. The SMILES string of the molecule is CC(C)C1=NOC(C(=O)NC2CCCc3cc(C#N)ccc32)C1. The molecule has 23 heavy (non-hydrogen) atoms. The van der Waals surface area contributed by atoms with Crippen molar-refractivity contribution in [3.63, 3.8) is 0 Å². The zero-order chi connectivity index (χ0) is 16.4. The summed E-state index contributed by atoms with van der Waals surface area (Å²) in [5.41, 5.74) is 3.89. The van der Waals surface area contributed by atoms with Crippen molar-refractivity contribution in [2.45, 2.75) is 51.7 Å². The fourth-order valence-corrected chi connectivity index (χ4v) is 3.18. The zero-order valence-electron chi connectivity index (χ0n) is 13.5. The highest BCUT2D eigenvalue weighted by Gasteiger charge is 2.32. The van der Waals surface area contributed by atoms with Crippen molar-refractivity contribution < 1.29 is 9.63 Å². The van der Waals surface area contributed by atoms with Gasteiger partial charge in [0.1, 0.15) is 0 Å². The van der Waals surface area contributed by atoms with Crippen LogP contribution in [0, 0.1) is 17.2 Å². The van der Waals surface area contributed by atoms with Crippen molar-refractivity contribution in [3.05, 3.63) is 34.9 Å². The van der Waals surface area contributed by atoms with E-state index >= 15 is 0 Å². The number of nitrogens with one attached hydrogen (secondary N) is 1. The maximum atomic E-state index is 12.5. The van der Waals surface area contributed by atoms with Gasteiger partial charge in [0.05, 0.1) is 23.4 Å². The molecule has 0 spiro atoms. The minimum Gasteiger partial charge on any atom is -0.382 e. The summed E-state index contributed by atoms with van der Waals surface area (Å²) in [6.45, 7) is 4.10. The number of fused-ring (bicyclic) bond motifs is 1. The predicted molar refractivity (Wildman–Crippen MR) is 86.7 cm³/mol. The molecular formula is C18H21N3O2. The summed E-state index contributed by atoms with van der Waals surface area (Å²) in [6.07, 6.45) is 2.92. The lowest BCUT2D eigenvalue weighted by molar-refractivity contribution is -0.132. The van der Waals surface area contributed by atoms with Crippen molar-refractivity contribution >= 4 is 11.6 Å². The van der Waals surface area contributed by atoms with Gasteiger partial charge in [0.2, 0.25) is 6.10 Å². The Balaban J connectivity index is 1.68. The van der Waals surface area contributed by atoms with Crippen LogP contribution in [-0.4, -0.2) is 17.7 Å².